The van der Waals surface area contributed by atoms with Crippen LogP contribution in [0.15, 0.2) is 42.6 Å². The number of benzene rings is 1. The van der Waals surface area contributed by atoms with Crippen molar-refractivity contribution in [3.05, 3.63) is 64.0 Å². The van der Waals surface area contributed by atoms with Gasteiger partial charge in [0.1, 0.15) is 5.69 Å². The normalized spacial score (nSPS) is 17.3. The number of pyridine rings is 1. The first-order valence-electron chi connectivity index (χ1n) is 9.02. The first kappa shape index (κ1) is 18.8. The van der Waals surface area contributed by atoms with Gasteiger partial charge in [-0.1, -0.05) is 6.07 Å². The van der Waals surface area contributed by atoms with Crippen LogP contribution >= 0.6 is 0 Å². The Bertz CT molecular complexity index is 806. The van der Waals surface area contributed by atoms with Crippen LogP contribution in [0.3, 0.4) is 0 Å². The van der Waals surface area contributed by atoms with Gasteiger partial charge in [0.25, 0.3) is 11.6 Å². The van der Waals surface area contributed by atoms with Gasteiger partial charge < -0.3 is 16.0 Å². The molecule has 8 heteroatoms. The monoisotopic (exact) mass is 369 g/mol. The second-order valence-electron chi connectivity index (χ2n) is 6.61. The molecule has 1 aliphatic rings. The van der Waals surface area contributed by atoms with Gasteiger partial charge in [0.2, 0.25) is 0 Å². The third-order valence-electron chi connectivity index (χ3n) is 4.63. The van der Waals surface area contributed by atoms with E-state index in [1.807, 2.05) is 25.1 Å². The molecule has 0 bridgehead atoms. The van der Waals surface area contributed by atoms with Crippen molar-refractivity contribution < 1.29 is 9.72 Å². The molecule has 1 aliphatic heterocycles. The third kappa shape index (κ3) is 4.79. The summed E-state index contributed by atoms with van der Waals surface area (Å²) in [5.74, 6) is -0.309. The maximum absolute atomic E-state index is 12.3. The number of hydrogen-bond donors (Lipinski definition) is 3. The molecule has 142 valence electrons. The van der Waals surface area contributed by atoms with Crippen LogP contribution in [0.2, 0.25) is 0 Å². The van der Waals surface area contributed by atoms with Crippen molar-refractivity contribution in [3.63, 3.8) is 0 Å². The molecule has 8 nitrogen and oxygen atoms in total. The summed E-state index contributed by atoms with van der Waals surface area (Å²) in [6.07, 6.45) is 3.80. The number of rotatable bonds is 7. The number of aromatic nitrogens is 1. The van der Waals surface area contributed by atoms with E-state index in [9.17, 15) is 14.9 Å². The van der Waals surface area contributed by atoms with Gasteiger partial charge in [-0.3, -0.25) is 19.9 Å². The molecular formula is C19H23N5O3. The Hall–Kier alpha value is -3.00. The summed E-state index contributed by atoms with van der Waals surface area (Å²) in [4.78, 5) is 27.6. The Morgan fingerprint density at radius 2 is 2.26 bits per heavy atom. The van der Waals surface area contributed by atoms with E-state index in [2.05, 4.69) is 20.9 Å². The number of nitro benzene ring substituents is 1. The van der Waals surface area contributed by atoms with E-state index >= 15 is 0 Å². The molecule has 2 atom stereocenters. The molecule has 0 saturated carbocycles. The Labute approximate surface area is 157 Å². The quantitative estimate of drug-likeness (QED) is 0.511. The Morgan fingerprint density at radius 3 is 2.93 bits per heavy atom. The zero-order valence-electron chi connectivity index (χ0n) is 15.1. The van der Waals surface area contributed by atoms with Crippen molar-refractivity contribution in [1.29, 1.82) is 0 Å². The molecule has 1 amide bonds. The number of nitrogens with zero attached hydrogens (tertiary/aromatic N) is 2. The molecule has 0 aliphatic carbocycles. The lowest BCUT2D eigenvalue weighted by Crippen LogP contribution is -2.37. The van der Waals surface area contributed by atoms with E-state index in [1.54, 1.807) is 18.3 Å². The molecule has 3 rings (SSSR count). The summed E-state index contributed by atoms with van der Waals surface area (Å²) < 4.78 is 0. The summed E-state index contributed by atoms with van der Waals surface area (Å²) in [7, 11) is 0. The minimum atomic E-state index is -0.483. The molecule has 2 heterocycles. The number of nitrogens with one attached hydrogen (secondary N) is 3. The van der Waals surface area contributed by atoms with Crippen LogP contribution in [0.4, 0.5) is 11.4 Å². The van der Waals surface area contributed by atoms with Gasteiger partial charge in [0, 0.05) is 30.4 Å². The van der Waals surface area contributed by atoms with Crippen LogP contribution in [0.5, 0.6) is 0 Å². The molecule has 27 heavy (non-hydrogen) atoms. The van der Waals surface area contributed by atoms with E-state index in [0.717, 1.165) is 25.1 Å². The zero-order chi connectivity index (χ0) is 19.2. The molecule has 1 saturated heterocycles. The Kier molecular flexibility index (Phi) is 5.97. The molecule has 1 aromatic heterocycles. The average Bonchev–Trinajstić information content (AvgIpc) is 3.20. The minimum Gasteiger partial charge on any atom is -0.371 e. The van der Waals surface area contributed by atoms with Gasteiger partial charge in [-0.05, 0) is 50.6 Å². The molecule has 0 spiro atoms. The molecule has 2 aromatic rings. The van der Waals surface area contributed by atoms with Gasteiger partial charge in [-0.15, -0.1) is 0 Å². The fraction of sp³-hybridized carbons (Fsp3) is 0.368. The Balaban J connectivity index is 1.72. The van der Waals surface area contributed by atoms with E-state index in [4.69, 9.17) is 0 Å². The first-order valence-corrected chi connectivity index (χ1v) is 9.02. The van der Waals surface area contributed by atoms with E-state index < -0.39 is 4.92 Å². The number of amides is 1. The fourth-order valence-electron chi connectivity index (χ4n) is 3.13. The number of anilines is 1. The van der Waals surface area contributed by atoms with Crippen LogP contribution < -0.4 is 16.0 Å². The molecule has 3 N–H and O–H groups in total. The van der Waals surface area contributed by atoms with Crippen LogP contribution in [-0.2, 0) is 0 Å². The van der Waals surface area contributed by atoms with Crippen LogP contribution in [0.25, 0.3) is 0 Å². The highest BCUT2D eigenvalue weighted by Crippen LogP contribution is 2.28. The van der Waals surface area contributed by atoms with E-state index in [-0.39, 0.29) is 29.2 Å². The molecule has 1 fully saturated rings. The van der Waals surface area contributed by atoms with E-state index in [1.165, 1.54) is 6.07 Å². The number of hydrogen-bond acceptors (Lipinski definition) is 6. The highest BCUT2D eigenvalue weighted by Gasteiger charge is 2.21. The second-order valence-corrected chi connectivity index (χ2v) is 6.61. The minimum absolute atomic E-state index is 0.135. The lowest BCUT2D eigenvalue weighted by atomic mass is 10.1. The van der Waals surface area contributed by atoms with E-state index in [0.29, 0.717) is 12.2 Å². The summed E-state index contributed by atoms with van der Waals surface area (Å²) in [5, 5.41) is 20.7. The molecular weight excluding hydrogens is 346 g/mol. The van der Waals surface area contributed by atoms with Crippen LogP contribution in [0.1, 0.15) is 41.9 Å². The second kappa shape index (κ2) is 8.59. The molecule has 2 unspecified atom stereocenters. The zero-order valence-corrected chi connectivity index (χ0v) is 15.1. The number of nitro groups is 1. The lowest BCUT2D eigenvalue weighted by molar-refractivity contribution is -0.384. The average molecular weight is 369 g/mol. The van der Waals surface area contributed by atoms with Crippen LogP contribution in [-0.4, -0.2) is 34.9 Å². The van der Waals surface area contributed by atoms with Crippen molar-refractivity contribution in [2.24, 2.45) is 0 Å². The highest BCUT2D eigenvalue weighted by atomic mass is 16.6. The summed E-state index contributed by atoms with van der Waals surface area (Å²) in [6, 6.07) is 10.1. The highest BCUT2D eigenvalue weighted by molar-refractivity contribution is 5.95. The fourth-order valence-corrected chi connectivity index (χ4v) is 3.13. The van der Waals surface area contributed by atoms with Crippen molar-refractivity contribution in [2.45, 2.75) is 31.8 Å². The SMILES string of the molecule is CC(Nc1ccc(C(=O)NCC2CCCN2)cc1[N+](=O)[O-])c1ccccn1. The van der Waals surface area contributed by atoms with Gasteiger partial charge in [-0.2, -0.15) is 0 Å². The standard InChI is InChI=1S/C19H23N5O3/c1-13(16-6-2-3-9-21-16)23-17-8-7-14(11-18(17)24(26)27)19(25)22-12-15-5-4-10-20-15/h2-3,6-9,11,13,15,20,23H,4-5,10,12H2,1H3,(H,22,25). The lowest BCUT2D eigenvalue weighted by Gasteiger charge is -2.15. The Morgan fingerprint density at radius 1 is 1.41 bits per heavy atom. The first-order chi connectivity index (χ1) is 13.0. The maximum Gasteiger partial charge on any atom is 0.293 e. The van der Waals surface area contributed by atoms with Crippen molar-refractivity contribution in [1.82, 2.24) is 15.6 Å². The van der Waals surface area contributed by atoms with Crippen molar-refractivity contribution in [3.8, 4) is 0 Å². The number of carbonyl (C=O) groups excluding carboxylic acids is 1. The topological polar surface area (TPSA) is 109 Å². The van der Waals surface area contributed by atoms with Crippen molar-refractivity contribution in [2.75, 3.05) is 18.4 Å². The van der Waals surface area contributed by atoms with Gasteiger partial charge in [0.05, 0.1) is 16.7 Å². The predicted molar refractivity (Wildman–Crippen MR) is 103 cm³/mol. The molecule has 0 radical (unpaired) electrons. The molecule has 1 aromatic carbocycles. The summed E-state index contributed by atoms with van der Waals surface area (Å²) >= 11 is 0. The maximum atomic E-state index is 12.3. The summed E-state index contributed by atoms with van der Waals surface area (Å²) in [5.41, 5.74) is 1.27. The van der Waals surface area contributed by atoms with Crippen LogP contribution in [0, 0.1) is 10.1 Å². The van der Waals surface area contributed by atoms with Crippen molar-refractivity contribution >= 4 is 17.3 Å². The largest absolute Gasteiger partial charge is 0.371 e. The predicted octanol–water partition coefficient (Wildman–Crippen LogP) is 2.64. The smallest absolute Gasteiger partial charge is 0.293 e. The number of carbonyl (C=O) groups is 1. The third-order valence-corrected chi connectivity index (χ3v) is 4.63. The summed E-state index contributed by atoms with van der Waals surface area (Å²) in [6.45, 7) is 3.35. The van der Waals surface area contributed by atoms with Gasteiger partial charge in [-0.25, -0.2) is 0 Å². The van der Waals surface area contributed by atoms with Gasteiger partial charge in [0.15, 0.2) is 0 Å². The van der Waals surface area contributed by atoms with Gasteiger partial charge >= 0.3 is 0 Å².